The van der Waals surface area contributed by atoms with Crippen molar-refractivity contribution in [3.63, 3.8) is 0 Å². The second-order valence-electron chi connectivity index (χ2n) is 6.30. The molecule has 118 valence electrons. The number of piperidine rings is 2. The average molecular weight is 394 g/mol. The highest BCUT2D eigenvalue weighted by molar-refractivity contribution is 14.1. The molecule has 0 aliphatic carbocycles. The molecule has 0 spiro atoms. The van der Waals surface area contributed by atoms with Crippen molar-refractivity contribution in [2.75, 3.05) is 59.4 Å². The number of hydrogen-bond acceptors (Lipinski definition) is 4. The van der Waals surface area contributed by atoms with Gasteiger partial charge in [0.2, 0.25) is 0 Å². The molecule has 0 atom stereocenters. The van der Waals surface area contributed by atoms with E-state index in [1.54, 1.807) is 0 Å². The summed E-state index contributed by atoms with van der Waals surface area (Å²) >= 11 is 2.59. The number of likely N-dealkylation sites (tertiary alicyclic amines) is 2. The van der Waals surface area contributed by atoms with Gasteiger partial charge < -0.3 is 20.4 Å². The van der Waals surface area contributed by atoms with E-state index in [-0.39, 0.29) is 0 Å². The third-order valence-corrected chi connectivity index (χ3v) is 5.82. The quantitative estimate of drug-likeness (QED) is 0.386. The van der Waals surface area contributed by atoms with Gasteiger partial charge in [0, 0.05) is 36.1 Å². The molecule has 2 fully saturated rings. The van der Waals surface area contributed by atoms with E-state index in [0.29, 0.717) is 0 Å². The molecule has 2 N–H and O–H groups in total. The number of nitrogens with one attached hydrogen (secondary N) is 2. The van der Waals surface area contributed by atoms with Crippen LogP contribution in [-0.2, 0) is 0 Å². The van der Waals surface area contributed by atoms with Gasteiger partial charge in [0.05, 0.1) is 0 Å². The molecule has 20 heavy (non-hydrogen) atoms. The fourth-order valence-corrected chi connectivity index (χ4v) is 3.62. The Kier molecular flexibility index (Phi) is 8.09. The lowest BCUT2D eigenvalue weighted by Gasteiger charge is -2.30. The van der Waals surface area contributed by atoms with Crippen LogP contribution in [0.1, 0.15) is 25.7 Å². The van der Waals surface area contributed by atoms with E-state index in [1.165, 1.54) is 58.4 Å². The normalized spacial score (nSPS) is 24.3. The highest BCUT2D eigenvalue weighted by Gasteiger charge is 2.16. The van der Waals surface area contributed by atoms with E-state index in [4.69, 9.17) is 0 Å². The van der Waals surface area contributed by atoms with Crippen LogP contribution in [0.4, 0.5) is 0 Å². The van der Waals surface area contributed by atoms with Crippen molar-refractivity contribution in [2.24, 2.45) is 0 Å². The van der Waals surface area contributed by atoms with Gasteiger partial charge in [-0.1, -0.05) is 22.6 Å². The van der Waals surface area contributed by atoms with Gasteiger partial charge in [0.1, 0.15) is 0 Å². The number of hydrogen-bond donors (Lipinski definition) is 2. The Morgan fingerprint density at radius 3 is 2.35 bits per heavy atom. The maximum absolute atomic E-state index is 3.68. The molecule has 0 aromatic rings. The van der Waals surface area contributed by atoms with Gasteiger partial charge in [-0.25, -0.2) is 0 Å². The summed E-state index contributed by atoms with van der Waals surface area (Å²) in [5.74, 6) is 0. The Hall–Kier alpha value is 0.570. The third kappa shape index (κ3) is 6.56. The minimum Gasteiger partial charge on any atom is -0.314 e. The zero-order valence-electron chi connectivity index (χ0n) is 12.9. The first kappa shape index (κ1) is 16.9. The molecule has 2 rings (SSSR count). The summed E-state index contributed by atoms with van der Waals surface area (Å²) in [6, 6.07) is 0.746. The molecule has 0 aromatic carbocycles. The molecule has 4 nitrogen and oxygen atoms in total. The minimum atomic E-state index is 0.746. The summed E-state index contributed by atoms with van der Waals surface area (Å²) in [6.07, 6.45) is 5.36. The Balaban J connectivity index is 1.40. The van der Waals surface area contributed by atoms with Crippen molar-refractivity contribution in [3.05, 3.63) is 0 Å². The summed E-state index contributed by atoms with van der Waals surface area (Å²) in [5, 5.41) is 7.26. The predicted molar refractivity (Wildman–Crippen MR) is 94.9 cm³/mol. The number of halogens is 1. The van der Waals surface area contributed by atoms with E-state index in [2.05, 4.69) is 50.1 Å². The molecule has 0 amide bonds. The van der Waals surface area contributed by atoms with Crippen LogP contribution < -0.4 is 10.6 Å². The second-order valence-corrected chi connectivity index (χ2v) is 8.06. The minimum absolute atomic E-state index is 0.746. The standard InChI is InChI=1S/C15H31IN4/c1-19-9-4-15(5-10-19)18-7-6-17-8-13-20-11-2-14(16)3-12-20/h14-15,17-18H,2-13H2,1H3. The van der Waals surface area contributed by atoms with Gasteiger partial charge in [-0.15, -0.1) is 0 Å². The summed E-state index contributed by atoms with van der Waals surface area (Å²) in [4.78, 5) is 5.03. The van der Waals surface area contributed by atoms with Gasteiger partial charge in [-0.3, -0.25) is 0 Å². The first-order valence-corrected chi connectivity index (χ1v) is 9.47. The van der Waals surface area contributed by atoms with E-state index in [9.17, 15) is 0 Å². The molecular weight excluding hydrogens is 363 g/mol. The summed E-state index contributed by atoms with van der Waals surface area (Å²) in [5.41, 5.74) is 0. The molecule has 2 heterocycles. The first-order chi connectivity index (χ1) is 9.74. The summed E-state index contributed by atoms with van der Waals surface area (Å²) < 4.78 is 0.913. The molecule has 2 aliphatic heterocycles. The topological polar surface area (TPSA) is 30.5 Å². The molecule has 0 radical (unpaired) electrons. The smallest absolute Gasteiger partial charge is 0.0134 e. The second kappa shape index (κ2) is 9.56. The van der Waals surface area contributed by atoms with Crippen LogP contribution in [-0.4, -0.2) is 79.2 Å². The van der Waals surface area contributed by atoms with E-state index >= 15 is 0 Å². The maximum atomic E-state index is 3.68. The number of alkyl halides is 1. The van der Waals surface area contributed by atoms with Crippen LogP contribution in [0.25, 0.3) is 0 Å². The molecule has 0 unspecified atom stereocenters. The van der Waals surface area contributed by atoms with Crippen LogP contribution in [0.15, 0.2) is 0 Å². The number of nitrogens with zero attached hydrogens (tertiary/aromatic N) is 2. The molecule has 0 saturated carbocycles. The monoisotopic (exact) mass is 394 g/mol. The van der Waals surface area contributed by atoms with Crippen LogP contribution in [0.3, 0.4) is 0 Å². The lowest BCUT2D eigenvalue weighted by molar-refractivity contribution is 0.230. The van der Waals surface area contributed by atoms with Crippen molar-refractivity contribution in [1.82, 2.24) is 20.4 Å². The summed E-state index contributed by atoms with van der Waals surface area (Å²) in [6.45, 7) is 9.67. The van der Waals surface area contributed by atoms with Gasteiger partial charge in [0.25, 0.3) is 0 Å². The Morgan fingerprint density at radius 1 is 0.950 bits per heavy atom. The predicted octanol–water partition coefficient (Wildman–Crippen LogP) is 1.16. The average Bonchev–Trinajstić information content (AvgIpc) is 2.46. The van der Waals surface area contributed by atoms with Gasteiger partial charge >= 0.3 is 0 Å². The van der Waals surface area contributed by atoms with Crippen molar-refractivity contribution >= 4 is 22.6 Å². The van der Waals surface area contributed by atoms with Crippen LogP contribution in [0.2, 0.25) is 0 Å². The molecule has 0 bridgehead atoms. The van der Waals surface area contributed by atoms with Crippen molar-refractivity contribution in [2.45, 2.75) is 35.6 Å². The van der Waals surface area contributed by atoms with Gasteiger partial charge in [0.15, 0.2) is 0 Å². The zero-order chi connectivity index (χ0) is 14.2. The van der Waals surface area contributed by atoms with Crippen molar-refractivity contribution < 1.29 is 0 Å². The third-order valence-electron chi connectivity index (χ3n) is 4.58. The van der Waals surface area contributed by atoms with Gasteiger partial charge in [-0.2, -0.15) is 0 Å². The number of rotatable bonds is 7. The molecule has 5 heteroatoms. The Labute approximate surface area is 138 Å². The van der Waals surface area contributed by atoms with E-state index in [1.807, 2.05) is 0 Å². The zero-order valence-corrected chi connectivity index (χ0v) is 15.1. The Morgan fingerprint density at radius 2 is 1.65 bits per heavy atom. The lowest BCUT2D eigenvalue weighted by Crippen LogP contribution is -2.44. The van der Waals surface area contributed by atoms with Crippen molar-refractivity contribution in [3.8, 4) is 0 Å². The molecule has 0 aromatic heterocycles. The fourth-order valence-electron chi connectivity index (χ4n) is 3.06. The molecule has 2 aliphatic rings. The SMILES string of the molecule is CN1CCC(NCCNCCN2CCC(I)CC2)CC1. The lowest BCUT2D eigenvalue weighted by atomic mass is 10.1. The fraction of sp³-hybridized carbons (Fsp3) is 1.00. The van der Waals surface area contributed by atoms with E-state index in [0.717, 1.165) is 29.6 Å². The highest BCUT2D eigenvalue weighted by atomic mass is 127. The molecular formula is C15H31IN4. The van der Waals surface area contributed by atoms with Crippen LogP contribution >= 0.6 is 22.6 Å². The van der Waals surface area contributed by atoms with Crippen LogP contribution in [0.5, 0.6) is 0 Å². The van der Waals surface area contributed by atoms with Gasteiger partial charge in [-0.05, 0) is 58.9 Å². The molecule has 2 saturated heterocycles. The largest absolute Gasteiger partial charge is 0.314 e. The first-order valence-electron chi connectivity index (χ1n) is 8.23. The van der Waals surface area contributed by atoms with E-state index < -0.39 is 0 Å². The van der Waals surface area contributed by atoms with Crippen molar-refractivity contribution in [1.29, 1.82) is 0 Å². The highest BCUT2D eigenvalue weighted by Crippen LogP contribution is 2.17. The Bertz CT molecular complexity index is 222. The van der Waals surface area contributed by atoms with Crippen LogP contribution in [0, 0.1) is 0 Å². The maximum Gasteiger partial charge on any atom is 0.0134 e. The summed E-state index contributed by atoms with van der Waals surface area (Å²) in [7, 11) is 2.22.